The van der Waals surface area contributed by atoms with E-state index < -0.39 is 0 Å². The predicted molar refractivity (Wildman–Crippen MR) is 84.8 cm³/mol. The molecule has 5 heteroatoms. The fourth-order valence-corrected chi connectivity index (χ4v) is 2.33. The van der Waals surface area contributed by atoms with Gasteiger partial charge in [-0.15, -0.1) is 11.6 Å². The molecule has 0 aromatic carbocycles. The third kappa shape index (κ3) is 3.85. The molecule has 0 atom stereocenters. The lowest BCUT2D eigenvalue weighted by Crippen LogP contribution is -2.05. The molecule has 0 aliphatic rings. The topological polar surface area (TPSA) is 42.2 Å². The molecule has 0 aliphatic carbocycles. The molecular weight excluding hydrogens is 272 g/mol. The predicted octanol–water partition coefficient (Wildman–Crippen LogP) is 4.06. The van der Waals surface area contributed by atoms with Crippen LogP contribution in [0.1, 0.15) is 51.1 Å². The van der Waals surface area contributed by atoms with Crippen LogP contribution in [0.15, 0.2) is 18.5 Å². The maximum atomic E-state index is 5.67. The van der Waals surface area contributed by atoms with Crippen molar-refractivity contribution in [2.75, 3.05) is 17.7 Å². The Bertz CT molecular complexity index is 536. The fourth-order valence-electron chi connectivity index (χ4n) is 2.14. The summed E-state index contributed by atoms with van der Waals surface area (Å²) in [5, 5.41) is 7.98. The highest BCUT2D eigenvalue weighted by atomic mass is 35.5. The number of fused-ring (bicyclic) bond motifs is 1. The van der Waals surface area contributed by atoms with Crippen LogP contribution >= 0.6 is 11.6 Å². The highest BCUT2D eigenvalue weighted by Gasteiger charge is 2.09. The van der Waals surface area contributed by atoms with Crippen LogP contribution in [0.3, 0.4) is 0 Å². The largest absolute Gasteiger partial charge is 0.368 e. The van der Waals surface area contributed by atoms with E-state index in [1.165, 1.54) is 12.8 Å². The molecule has 0 fully saturated rings. The molecule has 0 aliphatic heterocycles. The van der Waals surface area contributed by atoms with Crippen LogP contribution in [0.4, 0.5) is 5.82 Å². The minimum atomic E-state index is 0.429. The maximum absolute atomic E-state index is 5.67. The Morgan fingerprint density at radius 2 is 2.05 bits per heavy atom. The van der Waals surface area contributed by atoms with Crippen molar-refractivity contribution >= 4 is 22.9 Å². The van der Waals surface area contributed by atoms with Crippen LogP contribution in [-0.4, -0.2) is 27.0 Å². The molecule has 1 N–H and O–H groups in total. The first kappa shape index (κ1) is 15.1. The number of rotatable bonds is 8. The third-order valence-corrected chi connectivity index (χ3v) is 3.62. The fraction of sp³-hybridized carbons (Fsp3) is 0.600. The maximum Gasteiger partial charge on any atom is 0.152 e. The van der Waals surface area contributed by atoms with E-state index >= 15 is 0 Å². The van der Waals surface area contributed by atoms with Gasteiger partial charge >= 0.3 is 0 Å². The molecule has 2 aromatic rings. The van der Waals surface area contributed by atoms with Crippen molar-refractivity contribution < 1.29 is 0 Å². The van der Waals surface area contributed by atoms with Crippen molar-refractivity contribution in [3.63, 3.8) is 0 Å². The zero-order chi connectivity index (χ0) is 14.4. The van der Waals surface area contributed by atoms with E-state index in [2.05, 4.69) is 35.3 Å². The van der Waals surface area contributed by atoms with Crippen LogP contribution in [0.25, 0.3) is 5.52 Å². The number of unbranched alkanes of at least 4 members (excludes halogenated alkanes) is 3. The van der Waals surface area contributed by atoms with Crippen molar-refractivity contribution in [3.8, 4) is 0 Å². The lowest BCUT2D eigenvalue weighted by atomic mass is 10.1. The number of nitrogens with zero attached hydrogens (tertiary/aromatic N) is 3. The Kier molecular flexibility index (Phi) is 5.65. The van der Waals surface area contributed by atoms with Gasteiger partial charge in [-0.2, -0.15) is 5.10 Å². The van der Waals surface area contributed by atoms with E-state index in [1.54, 1.807) is 6.20 Å². The second kappa shape index (κ2) is 7.48. The standard InChI is InChI=1S/C15H23ClN4/c1-12(2)13-11-14-15(18-9-10-20(14)19-13)17-8-6-4-3-5-7-16/h9-12H,3-8H2,1-2H3,(H,17,18). The molecule has 2 heterocycles. The Morgan fingerprint density at radius 3 is 2.80 bits per heavy atom. The summed E-state index contributed by atoms with van der Waals surface area (Å²) >= 11 is 5.67. The van der Waals surface area contributed by atoms with Gasteiger partial charge in [-0.25, -0.2) is 9.50 Å². The van der Waals surface area contributed by atoms with E-state index in [-0.39, 0.29) is 0 Å². The summed E-state index contributed by atoms with van der Waals surface area (Å²) in [7, 11) is 0. The average molecular weight is 295 g/mol. The Hall–Kier alpha value is -1.29. The number of hydrogen-bond donors (Lipinski definition) is 1. The molecule has 20 heavy (non-hydrogen) atoms. The summed E-state index contributed by atoms with van der Waals surface area (Å²) in [5.41, 5.74) is 2.15. The van der Waals surface area contributed by atoms with Crippen LogP contribution in [0, 0.1) is 0 Å². The molecular formula is C15H23ClN4. The van der Waals surface area contributed by atoms with Crippen molar-refractivity contribution in [3.05, 3.63) is 24.2 Å². The first-order chi connectivity index (χ1) is 9.72. The van der Waals surface area contributed by atoms with Gasteiger partial charge in [0, 0.05) is 24.8 Å². The summed E-state index contributed by atoms with van der Waals surface area (Å²) in [6.45, 7) is 5.25. The molecule has 0 amide bonds. The Morgan fingerprint density at radius 1 is 1.25 bits per heavy atom. The van der Waals surface area contributed by atoms with Crippen molar-refractivity contribution in [1.82, 2.24) is 14.6 Å². The highest BCUT2D eigenvalue weighted by molar-refractivity contribution is 6.17. The minimum Gasteiger partial charge on any atom is -0.368 e. The van der Waals surface area contributed by atoms with E-state index in [0.29, 0.717) is 5.92 Å². The smallest absolute Gasteiger partial charge is 0.152 e. The molecule has 0 radical (unpaired) electrons. The average Bonchev–Trinajstić information content (AvgIpc) is 2.87. The van der Waals surface area contributed by atoms with Gasteiger partial charge in [0.05, 0.1) is 5.69 Å². The number of nitrogens with one attached hydrogen (secondary N) is 1. The number of halogens is 1. The minimum absolute atomic E-state index is 0.429. The van der Waals surface area contributed by atoms with Crippen molar-refractivity contribution in [2.24, 2.45) is 0 Å². The van der Waals surface area contributed by atoms with Gasteiger partial charge in [0.15, 0.2) is 5.82 Å². The van der Waals surface area contributed by atoms with E-state index in [0.717, 1.165) is 42.3 Å². The SMILES string of the molecule is CC(C)c1cc2c(NCCCCCCCl)nccn2n1. The second-order valence-corrected chi connectivity index (χ2v) is 5.74. The van der Waals surface area contributed by atoms with Gasteiger partial charge in [0.2, 0.25) is 0 Å². The normalized spacial score (nSPS) is 11.4. The molecule has 110 valence electrons. The second-order valence-electron chi connectivity index (χ2n) is 5.36. The number of aromatic nitrogens is 3. The molecule has 0 saturated heterocycles. The number of anilines is 1. The monoisotopic (exact) mass is 294 g/mol. The van der Waals surface area contributed by atoms with Gasteiger partial charge in [-0.1, -0.05) is 26.7 Å². The molecule has 0 saturated carbocycles. The summed E-state index contributed by atoms with van der Waals surface area (Å²) < 4.78 is 1.90. The third-order valence-electron chi connectivity index (χ3n) is 3.35. The zero-order valence-electron chi connectivity index (χ0n) is 12.3. The number of alkyl halides is 1. The summed E-state index contributed by atoms with van der Waals surface area (Å²) in [5.74, 6) is 2.12. The Balaban J connectivity index is 1.95. The van der Waals surface area contributed by atoms with Gasteiger partial charge in [-0.3, -0.25) is 0 Å². The molecule has 0 spiro atoms. The first-order valence-corrected chi connectivity index (χ1v) is 7.90. The van der Waals surface area contributed by atoms with Crippen molar-refractivity contribution in [2.45, 2.75) is 45.4 Å². The van der Waals surface area contributed by atoms with Gasteiger partial charge < -0.3 is 5.32 Å². The molecule has 2 rings (SSSR count). The van der Waals surface area contributed by atoms with Crippen LogP contribution in [0.5, 0.6) is 0 Å². The quantitative estimate of drug-likeness (QED) is 0.589. The summed E-state index contributed by atoms with van der Waals surface area (Å²) in [6, 6.07) is 2.12. The van der Waals surface area contributed by atoms with E-state index in [4.69, 9.17) is 11.6 Å². The number of hydrogen-bond acceptors (Lipinski definition) is 3. The van der Waals surface area contributed by atoms with E-state index in [9.17, 15) is 0 Å². The lowest BCUT2D eigenvalue weighted by molar-refractivity contribution is 0.687. The van der Waals surface area contributed by atoms with E-state index in [1.807, 2.05) is 10.7 Å². The molecule has 0 bridgehead atoms. The first-order valence-electron chi connectivity index (χ1n) is 7.36. The lowest BCUT2D eigenvalue weighted by Gasteiger charge is -2.06. The molecule has 0 unspecified atom stereocenters. The zero-order valence-corrected chi connectivity index (χ0v) is 13.0. The molecule has 4 nitrogen and oxygen atoms in total. The van der Waals surface area contributed by atoms with Crippen LogP contribution < -0.4 is 5.32 Å². The summed E-state index contributed by atoms with van der Waals surface area (Å²) in [6.07, 6.45) is 8.35. The van der Waals surface area contributed by atoms with Gasteiger partial charge in [0.25, 0.3) is 0 Å². The van der Waals surface area contributed by atoms with Crippen LogP contribution in [-0.2, 0) is 0 Å². The highest BCUT2D eigenvalue weighted by Crippen LogP contribution is 2.19. The van der Waals surface area contributed by atoms with Crippen molar-refractivity contribution in [1.29, 1.82) is 0 Å². The molecule has 2 aromatic heterocycles. The van der Waals surface area contributed by atoms with Gasteiger partial charge in [-0.05, 0) is 24.8 Å². The van der Waals surface area contributed by atoms with Crippen LogP contribution in [0.2, 0.25) is 0 Å². The summed E-state index contributed by atoms with van der Waals surface area (Å²) in [4.78, 5) is 4.42. The Labute approximate surface area is 125 Å². The van der Waals surface area contributed by atoms with Gasteiger partial charge in [0.1, 0.15) is 5.52 Å².